The molecule has 0 aliphatic heterocycles. The third kappa shape index (κ3) is 5.54. The summed E-state index contributed by atoms with van der Waals surface area (Å²) >= 11 is 4.87. The summed E-state index contributed by atoms with van der Waals surface area (Å²) in [5, 5.41) is 5.47. The van der Waals surface area contributed by atoms with Crippen LogP contribution in [0.5, 0.6) is 0 Å². The molecule has 1 aromatic carbocycles. The van der Waals surface area contributed by atoms with Gasteiger partial charge < -0.3 is 15.1 Å². The molecule has 1 amide bonds. The van der Waals surface area contributed by atoms with Gasteiger partial charge in [0, 0.05) is 7.05 Å². The Bertz CT molecular complexity index is 909. The first kappa shape index (κ1) is 20.9. The van der Waals surface area contributed by atoms with Gasteiger partial charge in [-0.15, -0.1) is 0 Å². The normalized spacial score (nSPS) is 12.3. The minimum atomic E-state index is -3.82. The molecule has 2 aromatic rings. The fourth-order valence-electron chi connectivity index (χ4n) is 2.57. The van der Waals surface area contributed by atoms with Gasteiger partial charge in [-0.2, -0.15) is 0 Å². The van der Waals surface area contributed by atoms with E-state index in [0.29, 0.717) is 23.3 Å². The minimum Gasteiger partial charge on any atom is -0.467 e. The molecule has 0 saturated carbocycles. The van der Waals surface area contributed by atoms with Crippen LogP contribution in [0.25, 0.3) is 0 Å². The first-order valence-electron chi connectivity index (χ1n) is 8.43. The maximum absolute atomic E-state index is 12.5. The van der Waals surface area contributed by atoms with E-state index >= 15 is 0 Å². The monoisotopic (exact) mass is 409 g/mol. The lowest BCUT2D eigenvalue weighted by Crippen LogP contribution is -2.37. The SMILES string of the molecule is CCC(NC(=O)Cc1ccc(C)c(S(=O)(=O)NC(=S)NC)c1)c1ccco1. The number of rotatable bonds is 7. The van der Waals surface area contributed by atoms with Crippen LogP contribution in [0.3, 0.4) is 0 Å². The third-order valence-corrected chi connectivity index (χ3v) is 5.92. The average molecular weight is 410 g/mol. The summed E-state index contributed by atoms with van der Waals surface area (Å²) in [6.45, 7) is 3.63. The van der Waals surface area contributed by atoms with Crippen LogP contribution in [0.1, 0.15) is 36.3 Å². The lowest BCUT2D eigenvalue weighted by atomic mass is 10.1. The van der Waals surface area contributed by atoms with Crippen LogP contribution in [0.2, 0.25) is 0 Å². The van der Waals surface area contributed by atoms with Crippen molar-refractivity contribution < 1.29 is 17.6 Å². The predicted octanol–water partition coefficient (Wildman–Crippen LogP) is 2.18. The van der Waals surface area contributed by atoms with Gasteiger partial charge in [-0.25, -0.2) is 8.42 Å². The van der Waals surface area contributed by atoms with Crippen molar-refractivity contribution in [1.82, 2.24) is 15.4 Å². The number of carbonyl (C=O) groups is 1. The van der Waals surface area contributed by atoms with Crippen molar-refractivity contribution in [2.75, 3.05) is 7.05 Å². The first-order chi connectivity index (χ1) is 12.8. The molecule has 146 valence electrons. The van der Waals surface area contributed by atoms with Crippen molar-refractivity contribution in [3.63, 3.8) is 0 Å². The smallest absolute Gasteiger partial charge is 0.263 e. The number of hydrogen-bond donors (Lipinski definition) is 3. The van der Waals surface area contributed by atoms with E-state index in [2.05, 4.69) is 15.4 Å². The highest BCUT2D eigenvalue weighted by Crippen LogP contribution is 2.19. The highest BCUT2D eigenvalue weighted by molar-refractivity contribution is 7.91. The summed E-state index contributed by atoms with van der Waals surface area (Å²) in [6, 6.07) is 8.24. The van der Waals surface area contributed by atoms with Crippen LogP contribution < -0.4 is 15.4 Å². The fraction of sp³-hybridized carbons (Fsp3) is 0.333. The third-order valence-electron chi connectivity index (χ3n) is 3.99. The Balaban J connectivity index is 2.15. The zero-order valence-corrected chi connectivity index (χ0v) is 17.0. The number of furan rings is 1. The summed E-state index contributed by atoms with van der Waals surface area (Å²) in [7, 11) is -2.29. The molecular formula is C18H23N3O4S2. The molecule has 9 heteroatoms. The van der Waals surface area contributed by atoms with E-state index in [4.69, 9.17) is 16.6 Å². The number of aryl methyl sites for hydroxylation is 1. The largest absolute Gasteiger partial charge is 0.467 e. The molecule has 3 N–H and O–H groups in total. The van der Waals surface area contributed by atoms with Gasteiger partial charge in [0.05, 0.1) is 23.6 Å². The predicted molar refractivity (Wildman–Crippen MR) is 107 cm³/mol. The number of carbonyl (C=O) groups excluding carboxylic acids is 1. The van der Waals surface area contributed by atoms with Crippen LogP contribution in [-0.4, -0.2) is 26.5 Å². The summed E-state index contributed by atoms with van der Waals surface area (Å²) < 4.78 is 32.6. The number of thiocarbonyl (C=S) groups is 1. The van der Waals surface area contributed by atoms with Crippen molar-refractivity contribution in [1.29, 1.82) is 0 Å². The van der Waals surface area contributed by atoms with E-state index in [1.165, 1.54) is 13.1 Å². The van der Waals surface area contributed by atoms with E-state index in [1.54, 1.807) is 37.5 Å². The van der Waals surface area contributed by atoms with Crippen LogP contribution >= 0.6 is 12.2 Å². The molecule has 0 aliphatic rings. The van der Waals surface area contributed by atoms with Gasteiger partial charge in [0.1, 0.15) is 5.76 Å². The number of hydrogen-bond acceptors (Lipinski definition) is 5. The lowest BCUT2D eigenvalue weighted by Gasteiger charge is -2.15. The van der Waals surface area contributed by atoms with Crippen molar-refractivity contribution >= 4 is 33.3 Å². The van der Waals surface area contributed by atoms with Crippen molar-refractivity contribution in [3.8, 4) is 0 Å². The molecule has 0 aliphatic carbocycles. The van der Waals surface area contributed by atoms with Crippen LogP contribution in [0.4, 0.5) is 0 Å². The zero-order chi connectivity index (χ0) is 20.0. The Morgan fingerprint density at radius 1 is 1.30 bits per heavy atom. The standard InChI is InChI=1S/C18H23N3O4S2/c1-4-14(15-6-5-9-25-15)20-17(22)11-13-8-7-12(2)16(10-13)27(23,24)21-18(26)19-3/h5-10,14H,4,11H2,1-3H3,(H,20,22)(H2,19,21,26). The Morgan fingerprint density at radius 3 is 2.63 bits per heavy atom. The highest BCUT2D eigenvalue weighted by atomic mass is 32.2. The van der Waals surface area contributed by atoms with E-state index in [1.807, 2.05) is 6.92 Å². The summed E-state index contributed by atoms with van der Waals surface area (Å²) in [5.74, 6) is 0.465. The second-order valence-corrected chi connectivity index (χ2v) is 8.06. The second-order valence-electron chi connectivity index (χ2n) is 6.01. The van der Waals surface area contributed by atoms with Crippen molar-refractivity contribution in [3.05, 3.63) is 53.5 Å². The number of benzene rings is 1. The number of sulfonamides is 1. The zero-order valence-electron chi connectivity index (χ0n) is 15.4. The van der Waals surface area contributed by atoms with E-state index in [0.717, 1.165) is 0 Å². The van der Waals surface area contributed by atoms with E-state index in [9.17, 15) is 13.2 Å². The molecule has 1 atom stereocenters. The van der Waals surface area contributed by atoms with Crippen LogP contribution in [0, 0.1) is 6.92 Å². The second kappa shape index (κ2) is 9.01. The number of amides is 1. The van der Waals surface area contributed by atoms with E-state index < -0.39 is 10.0 Å². The maximum atomic E-state index is 12.5. The van der Waals surface area contributed by atoms with Gasteiger partial charge in [-0.1, -0.05) is 19.1 Å². The van der Waals surface area contributed by atoms with Gasteiger partial charge in [0.15, 0.2) is 5.11 Å². The van der Waals surface area contributed by atoms with Crippen LogP contribution in [-0.2, 0) is 21.2 Å². The molecule has 0 saturated heterocycles. The Labute approximate surface area is 164 Å². The molecule has 0 spiro atoms. The summed E-state index contributed by atoms with van der Waals surface area (Å²) in [4.78, 5) is 12.5. The molecule has 1 aromatic heterocycles. The maximum Gasteiger partial charge on any atom is 0.263 e. The molecule has 2 rings (SSSR count). The van der Waals surface area contributed by atoms with Gasteiger partial charge >= 0.3 is 0 Å². The Morgan fingerprint density at radius 2 is 2.04 bits per heavy atom. The topological polar surface area (TPSA) is 100 Å². The Kier molecular flexibility index (Phi) is 6.98. The molecule has 27 heavy (non-hydrogen) atoms. The molecule has 0 radical (unpaired) electrons. The molecule has 0 fully saturated rings. The Hall–Kier alpha value is -2.39. The van der Waals surface area contributed by atoms with Gasteiger partial charge in [0.2, 0.25) is 5.91 Å². The lowest BCUT2D eigenvalue weighted by molar-refractivity contribution is -0.121. The minimum absolute atomic E-state index is 0.00165. The average Bonchev–Trinajstić information content (AvgIpc) is 3.15. The molecular weight excluding hydrogens is 386 g/mol. The van der Waals surface area contributed by atoms with Gasteiger partial charge in [0.25, 0.3) is 10.0 Å². The fourth-order valence-corrected chi connectivity index (χ4v) is 4.15. The molecule has 1 heterocycles. The quantitative estimate of drug-likeness (QED) is 0.606. The summed E-state index contributed by atoms with van der Waals surface area (Å²) in [6.07, 6.45) is 2.29. The molecule has 0 bridgehead atoms. The van der Waals surface area contributed by atoms with Gasteiger partial charge in [-0.3, -0.25) is 9.52 Å². The van der Waals surface area contributed by atoms with E-state index in [-0.39, 0.29) is 28.4 Å². The van der Waals surface area contributed by atoms with Gasteiger partial charge in [-0.05, 0) is 54.9 Å². The van der Waals surface area contributed by atoms with Crippen molar-refractivity contribution in [2.24, 2.45) is 0 Å². The highest BCUT2D eigenvalue weighted by Gasteiger charge is 2.20. The summed E-state index contributed by atoms with van der Waals surface area (Å²) in [5.41, 5.74) is 1.15. The first-order valence-corrected chi connectivity index (χ1v) is 10.3. The molecule has 1 unspecified atom stereocenters. The van der Waals surface area contributed by atoms with Crippen LogP contribution in [0.15, 0.2) is 45.9 Å². The molecule has 7 nitrogen and oxygen atoms in total. The number of nitrogens with one attached hydrogen (secondary N) is 3. The van der Waals surface area contributed by atoms with Crippen molar-refractivity contribution in [2.45, 2.75) is 37.6 Å².